The molecule has 3 heterocycles. The molecule has 1 N–H and O–H groups in total. The number of piperazine rings is 1. The molecule has 1 aliphatic heterocycles. The molecule has 0 atom stereocenters. The zero-order chi connectivity index (χ0) is 17.4. The van der Waals surface area contributed by atoms with Crippen LogP contribution in [-0.4, -0.2) is 46.1 Å². The number of H-pyrrole nitrogens is 1. The molecule has 0 radical (unpaired) electrons. The van der Waals surface area contributed by atoms with Gasteiger partial charge in [-0.1, -0.05) is 6.92 Å². The molecule has 1 aliphatic carbocycles. The highest BCUT2D eigenvalue weighted by Gasteiger charge is 2.28. The van der Waals surface area contributed by atoms with E-state index in [4.69, 9.17) is 0 Å². The van der Waals surface area contributed by atoms with E-state index in [1.54, 1.807) is 6.07 Å². The minimum Gasteiger partial charge on any atom is -0.351 e. The third-order valence-electron chi connectivity index (χ3n) is 4.80. The van der Waals surface area contributed by atoms with Crippen LogP contribution >= 0.6 is 0 Å². The Bertz CT molecular complexity index is 826. The van der Waals surface area contributed by atoms with E-state index < -0.39 is 0 Å². The smallest absolute Gasteiger partial charge is 0.252 e. The molecule has 2 aromatic heterocycles. The maximum Gasteiger partial charge on any atom is 0.252 e. The monoisotopic (exact) mass is 344 g/mol. The quantitative estimate of drug-likeness (QED) is 0.905. The number of aromatic amines is 1. The molecule has 1 saturated heterocycles. The fraction of sp³-hybridized carbons (Fsp3) is 0.529. The van der Waals surface area contributed by atoms with Gasteiger partial charge in [-0.2, -0.15) is 0 Å². The Hall–Kier alpha value is -2.51. The molecule has 4 rings (SSSR count). The fourth-order valence-corrected chi connectivity index (χ4v) is 3.19. The SMILES string of the molecule is CCc1ncnc(N2CCN(c3nc(C4CC4)cc(=O)[nH]3)CC2)c1F. The Morgan fingerprint density at radius 3 is 2.60 bits per heavy atom. The van der Waals surface area contributed by atoms with E-state index in [9.17, 15) is 9.18 Å². The number of rotatable bonds is 4. The van der Waals surface area contributed by atoms with Crippen LogP contribution in [0.5, 0.6) is 0 Å². The Morgan fingerprint density at radius 2 is 1.92 bits per heavy atom. The predicted molar refractivity (Wildman–Crippen MR) is 92.6 cm³/mol. The summed E-state index contributed by atoms with van der Waals surface area (Å²) >= 11 is 0. The van der Waals surface area contributed by atoms with Gasteiger partial charge in [0.2, 0.25) is 5.95 Å². The number of nitrogens with one attached hydrogen (secondary N) is 1. The van der Waals surface area contributed by atoms with Gasteiger partial charge in [0.1, 0.15) is 6.33 Å². The number of hydrogen-bond acceptors (Lipinski definition) is 6. The normalized spacial score (nSPS) is 17.8. The molecule has 0 spiro atoms. The van der Waals surface area contributed by atoms with Crippen molar-refractivity contribution in [1.29, 1.82) is 0 Å². The van der Waals surface area contributed by atoms with Crippen molar-refractivity contribution < 1.29 is 4.39 Å². The minimum absolute atomic E-state index is 0.108. The molecule has 0 unspecified atom stereocenters. The number of hydrogen-bond donors (Lipinski definition) is 1. The number of nitrogens with zero attached hydrogens (tertiary/aromatic N) is 5. The van der Waals surface area contributed by atoms with Gasteiger partial charge in [0, 0.05) is 38.2 Å². The van der Waals surface area contributed by atoms with Gasteiger partial charge in [0.15, 0.2) is 11.6 Å². The summed E-state index contributed by atoms with van der Waals surface area (Å²) in [5, 5.41) is 0. The largest absolute Gasteiger partial charge is 0.351 e. The maximum atomic E-state index is 14.4. The van der Waals surface area contributed by atoms with Gasteiger partial charge in [0.25, 0.3) is 5.56 Å². The van der Waals surface area contributed by atoms with Crippen molar-refractivity contribution in [1.82, 2.24) is 19.9 Å². The van der Waals surface area contributed by atoms with E-state index in [1.807, 2.05) is 16.7 Å². The highest BCUT2D eigenvalue weighted by molar-refractivity contribution is 5.44. The van der Waals surface area contributed by atoms with E-state index in [0.29, 0.717) is 56.0 Å². The van der Waals surface area contributed by atoms with E-state index in [1.165, 1.54) is 6.33 Å². The number of halogens is 1. The van der Waals surface area contributed by atoms with Gasteiger partial charge >= 0.3 is 0 Å². The van der Waals surface area contributed by atoms with Crippen LogP contribution in [0.1, 0.15) is 37.1 Å². The summed E-state index contributed by atoms with van der Waals surface area (Å²) in [7, 11) is 0. The Kier molecular flexibility index (Phi) is 4.10. The van der Waals surface area contributed by atoms with Gasteiger partial charge in [-0.3, -0.25) is 9.78 Å². The number of aryl methyl sites for hydroxylation is 1. The lowest BCUT2D eigenvalue weighted by atomic mass is 10.2. The van der Waals surface area contributed by atoms with Crippen LogP contribution in [0.25, 0.3) is 0 Å². The summed E-state index contributed by atoms with van der Waals surface area (Å²) < 4.78 is 14.4. The predicted octanol–water partition coefficient (Wildman–Crippen LogP) is 1.47. The summed E-state index contributed by atoms with van der Waals surface area (Å²) in [4.78, 5) is 31.4. The molecule has 0 aromatic carbocycles. The molecular formula is C17H21FN6O. The Morgan fingerprint density at radius 1 is 1.20 bits per heavy atom. The fourth-order valence-electron chi connectivity index (χ4n) is 3.19. The highest BCUT2D eigenvalue weighted by atomic mass is 19.1. The molecule has 7 nitrogen and oxygen atoms in total. The van der Waals surface area contributed by atoms with Crippen molar-refractivity contribution >= 4 is 11.8 Å². The molecule has 132 valence electrons. The van der Waals surface area contributed by atoms with Crippen LogP contribution in [0.2, 0.25) is 0 Å². The first-order valence-corrected chi connectivity index (χ1v) is 8.76. The lowest BCUT2D eigenvalue weighted by molar-refractivity contribution is 0.566. The minimum atomic E-state index is -0.333. The lowest BCUT2D eigenvalue weighted by Gasteiger charge is -2.35. The van der Waals surface area contributed by atoms with Crippen molar-refractivity contribution in [3.63, 3.8) is 0 Å². The van der Waals surface area contributed by atoms with E-state index in [0.717, 1.165) is 18.5 Å². The second-order valence-corrected chi connectivity index (χ2v) is 6.55. The second-order valence-electron chi connectivity index (χ2n) is 6.55. The molecule has 2 fully saturated rings. The molecule has 8 heteroatoms. The van der Waals surface area contributed by atoms with Gasteiger partial charge in [-0.25, -0.2) is 19.3 Å². The van der Waals surface area contributed by atoms with Crippen molar-refractivity contribution in [2.24, 2.45) is 0 Å². The van der Waals surface area contributed by atoms with Crippen molar-refractivity contribution in [2.75, 3.05) is 36.0 Å². The average Bonchev–Trinajstić information content (AvgIpc) is 3.47. The van der Waals surface area contributed by atoms with Gasteiger partial charge in [-0.15, -0.1) is 0 Å². The summed E-state index contributed by atoms with van der Waals surface area (Å²) in [6.07, 6.45) is 4.18. The molecule has 2 aromatic rings. The summed E-state index contributed by atoms with van der Waals surface area (Å²) in [5.74, 6) is 1.08. The third kappa shape index (κ3) is 3.20. The Balaban J connectivity index is 1.49. The van der Waals surface area contributed by atoms with E-state index in [-0.39, 0.29) is 11.4 Å². The topological polar surface area (TPSA) is 78.0 Å². The van der Waals surface area contributed by atoms with Crippen molar-refractivity contribution in [2.45, 2.75) is 32.1 Å². The summed E-state index contributed by atoms with van der Waals surface area (Å²) in [6, 6.07) is 1.60. The van der Waals surface area contributed by atoms with Gasteiger partial charge in [-0.05, 0) is 19.3 Å². The van der Waals surface area contributed by atoms with E-state index in [2.05, 4.69) is 19.9 Å². The van der Waals surface area contributed by atoms with Crippen LogP contribution in [0.4, 0.5) is 16.2 Å². The Labute approximate surface area is 144 Å². The van der Waals surface area contributed by atoms with Crippen LogP contribution in [0.3, 0.4) is 0 Å². The summed E-state index contributed by atoms with van der Waals surface area (Å²) in [5.41, 5.74) is 1.22. The third-order valence-corrected chi connectivity index (χ3v) is 4.80. The first-order valence-electron chi connectivity index (χ1n) is 8.76. The molecule has 0 amide bonds. The zero-order valence-corrected chi connectivity index (χ0v) is 14.2. The van der Waals surface area contributed by atoms with E-state index >= 15 is 0 Å². The summed E-state index contributed by atoms with van der Waals surface area (Å²) in [6.45, 7) is 4.43. The molecule has 2 aliphatic rings. The zero-order valence-electron chi connectivity index (χ0n) is 14.2. The molecule has 1 saturated carbocycles. The van der Waals surface area contributed by atoms with Crippen LogP contribution < -0.4 is 15.4 Å². The van der Waals surface area contributed by atoms with Crippen LogP contribution in [0.15, 0.2) is 17.2 Å². The van der Waals surface area contributed by atoms with Gasteiger partial charge < -0.3 is 9.80 Å². The highest BCUT2D eigenvalue weighted by Crippen LogP contribution is 2.38. The first-order chi connectivity index (χ1) is 12.2. The maximum absolute atomic E-state index is 14.4. The average molecular weight is 344 g/mol. The number of anilines is 2. The van der Waals surface area contributed by atoms with Gasteiger partial charge in [0.05, 0.1) is 11.4 Å². The molecule has 25 heavy (non-hydrogen) atoms. The molecule has 0 bridgehead atoms. The second kappa shape index (κ2) is 6.42. The first kappa shape index (κ1) is 16.0. The number of aromatic nitrogens is 4. The standard InChI is InChI=1S/C17H21FN6O/c1-2-12-15(18)16(20-10-19-12)23-5-7-24(8-6-23)17-21-13(11-3-4-11)9-14(25)22-17/h9-11H,2-8H2,1H3,(H,21,22,25). The van der Waals surface area contributed by atoms with Crippen LogP contribution in [0, 0.1) is 5.82 Å². The van der Waals surface area contributed by atoms with Crippen molar-refractivity contribution in [3.05, 3.63) is 40.0 Å². The van der Waals surface area contributed by atoms with Crippen LogP contribution in [-0.2, 0) is 6.42 Å². The molecular weight excluding hydrogens is 323 g/mol. The van der Waals surface area contributed by atoms with Crippen molar-refractivity contribution in [3.8, 4) is 0 Å². The lowest BCUT2D eigenvalue weighted by Crippen LogP contribution is -2.48.